The predicted octanol–water partition coefficient (Wildman–Crippen LogP) is 3.83. The van der Waals surface area contributed by atoms with Gasteiger partial charge in [0.05, 0.1) is 6.10 Å². The highest BCUT2D eigenvalue weighted by Crippen LogP contribution is 2.31. The molecule has 0 heterocycles. The van der Waals surface area contributed by atoms with Crippen molar-refractivity contribution in [2.45, 2.75) is 53.1 Å². The van der Waals surface area contributed by atoms with Gasteiger partial charge in [0.15, 0.2) is 0 Å². The first-order valence-electron chi connectivity index (χ1n) is 6.04. The highest BCUT2D eigenvalue weighted by atomic mass is 16.5. The van der Waals surface area contributed by atoms with Gasteiger partial charge in [-0.25, -0.2) is 0 Å². The molecular formula is C14H22O2. The van der Waals surface area contributed by atoms with Gasteiger partial charge in [0, 0.05) is 5.56 Å². The molecule has 0 saturated carbocycles. The fourth-order valence-electron chi connectivity index (χ4n) is 1.69. The Hall–Kier alpha value is -1.18. The van der Waals surface area contributed by atoms with Crippen LogP contribution in [-0.4, -0.2) is 11.2 Å². The third kappa shape index (κ3) is 3.16. The molecular weight excluding hydrogens is 200 g/mol. The number of phenols is 1. The number of unbranched alkanes of at least 4 members (excludes halogenated alkanes) is 1. The van der Waals surface area contributed by atoms with Crippen LogP contribution in [-0.2, 0) is 6.42 Å². The van der Waals surface area contributed by atoms with Crippen LogP contribution in [0.5, 0.6) is 11.5 Å². The van der Waals surface area contributed by atoms with Crippen LogP contribution in [0.1, 0.15) is 44.7 Å². The van der Waals surface area contributed by atoms with Gasteiger partial charge in [-0.2, -0.15) is 0 Å². The van der Waals surface area contributed by atoms with Gasteiger partial charge in [0.25, 0.3) is 0 Å². The van der Waals surface area contributed by atoms with Crippen molar-refractivity contribution >= 4 is 0 Å². The van der Waals surface area contributed by atoms with E-state index >= 15 is 0 Å². The lowest BCUT2D eigenvalue weighted by Gasteiger charge is -2.15. The second-order valence-corrected chi connectivity index (χ2v) is 4.47. The standard InChI is InChI=1S/C14H22O2/c1-5-6-7-12-8-9-13(16-10(2)3)11(4)14(12)15/h8-10,15H,5-7H2,1-4H3. The largest absolute Gasteiger partial charge is 0.507 e. The number of hydrogen-bond acceptors (Lipinski definition) is 2. The van der Waals surface area contributed by atoms with Crippen molar-refractivity contribution in [1.82, 2.24) is 0 Å². The van der Waals surface area contributed by atoms with Crippen molar-refractivity contribution in [3.63, 3.8) is 0 Å². The molecule has 0 aromatic heterocycles. The number of rotatable bonds is 5. The number of benzene rings is 1. The van der Waals surface area contributed by atoms with E-state index in [1.54, 1.807) is 0 Å². The fourth-order valence-corrected chi connectivity index (χ4v) is 1.69. The lowest BCUT2D eigenvalue weighted by atomic mass is 10.0. The Balaban J connectivity index is 2.89. The summed E-state index contributed by atoms with van der Waals surface area (Å²) in [7, 11) is 0. The summed E-state index contributed by atoms with van der Waals surface area (Å²) in [5.41, 5.74) is 1.87. The molecule has 0 bridgehead atoms. The molecule has 0 aliphatic rings. The van der Waals surface area contributed by atoms with Crippen molar-refractivity contribution in [1.29, 1.82) is 0 Å². The topological polar surface area (TPSA) is 29.5 Å². The van der Waals surface area contributed by atoms with Crippen molar-refractivity contribution in [3.05, 3.63) is 23.3 Å². The zero-order valence-corrected chi connectivity index (χ0v) is 10.7. The maximum absolute atomic E-state index is 10.0. The minimum Gasteiger partial charge on any atom is -0.507 e. The van der Waals surface area contributed by atoms with Crippen molar-refractivity contribution in [2.75, 3.05) is 0 Å². The second-order valence-electron chi connectivity index (χ2n) is 4.47. The first-order chi connectivity index (χ1) is 7.56. The summed E-state index contributed by atoms with van der Waals surface area (Å²) in [4.78, 5) is 0. The van der Waals surface area contributed by atoms with E-state index in [4.69, 9.17) is 4.74 Å². The summed E-state index contributed by atoms with van der Waals surface area (Å²) in [6.07, 6.45) is 3.32. The highest BCUT2D eigenvalue weighted by Gasteiger charge is 2.10. The van der Waals surface area contributed by atoms with E-state index in [1.807, 2.05) is 32.9 Å². The molecule has 0 unspecified atom stereocenters. The fraction of sp³-hybridized carbons (Fsp3) is 0.571. The van der Waals surface area contributed by atoms with Crippen LogP contribution in [0.25, 0.3) is 0 Å². The molecule has 2 nitrogen and oxygen atoms in total. The Morgan fingerprint density at radius 3 is 2.56 bits per heavy atom. The molecule has 0 radical (unpaired) electrons. The Morgan fingerprint density at radius 1 is 1.31 bits per heavy atom. The van der Waals surface area contributed by atoms with Gasteiger partial charge < -0.3 is 9.84 Å². The summed E-state index contributed by atoms with van der Waals surface area (Å²) in [5.74, 6) is 1.18. The van der Waals surface area contributed by atoms with E-state index in [1.165, 1.54) is 0 Å². The molecule has 0 spiro atoms. The number of hydrogen-bond donors (Lipinski definition) is 1. The molecule has 0 amide bonds. The average molecular weight is 222 g/mol. The zero-order chi connectivity index (χ0) is 12.1. The van der Waals surface area contributed by atoms with Crippen LogP contribution >= 0.6 is 0 Å². The van der Waals surface area contributed by atoms with Gasteiger partial charge in [0.2, 0.25) is 0 Å². The van der Waals surface area contributed by atoms with Crippen LogP contribution in [0.3, 0.4) is 0 Å². The van der Waals surface area contributed by atoms with Gasteiger partial charge in [-0.05, 0) is 45.2 Å². The monoisotopic (exact) mass is 222 g/mol. The van der Waals surface area contributed by atoms with Gasteiger partial charge in [0.1, 0.15) is 11.5 Å². The Labute approximate surface area is 98.3 Å². The maximum Gasteiger partial charge on any atom is 0.126 e. The number of phenolic OH excluding ortho intramolecular Hbond substituents is 1. The molecule has 16 heavy (non-hydrogen) atoms. The SMILES string of the molecule is CCCCc1ccc(OC(C)C)c(C)c1O. The quantitative estimate of drug-likeness (QED) is 0.820. The molecule has 1 aromatic carbocycles. The van der Waals surface area contributed by atoms with Gasteiger partial charge >= 0.3 is 0 Å². The molecule has 1 N–H and O–H groups in total. The first kappa shape index (κ1) is 12.9. The van der Waals surface area contributed by atoms with Crippen LogP contribution in [0.2, 0.25) is 0 Å². The van der Waals surface area contributed by atoms with Crippen LogP contribution < -0.4 is 4.74 Å². The number of ether oxygens (including phenoxy) is 1. The zero-order valence-electron chi connectivity index (χ0n) is 10.7. The van der Waals surface area contributed by atoms with E-state index < -0.39 is 0 Å². The molecule has 1 rings (SSSR count). The predicted molar refractivity (Wildman–Crippen MR) is 67.2 cm³/mol. The second kappa shape index (κ2) is 5.78. The number of aryl methyl sites for hydroxylation is 1. The summed E-state index contributed by atoms with van der Waals surface area (Å²) >= 11 is 0. The molecule has 0 saturated heterocycles. The molecule has 0 aliphatic carbocycles. The third-order valence-corrected chi connectivity index (χ3v) is 2.63. The van der Waals surface area contributed by atoms with Crippen molar-refractivity contribution < 1.29 is 9.84 Å². The van der Waals surface area contributed by atoms with E-state index in [-0.39, 0.29) is 6.10 Å². The Kier molecular flexibility index (Phi) is 4.66. The van der Waals surface area contributed by atoms with E-state index in [2.05, 4.69) is 6.92 Å². The lowest BCUT2D eigenvalue weighted by molar-refractivity contribution is 0.239. The average Bonchev–Trinajstić information content (AvgIpc) is 2.23. The minimum atomic E-state index is 0.139. The van der Waals surface area contributed by atoms with E-state index in [0.717, 1.165) is 36.1 Å². The van der Waals surface area contributed by atoms with Crippen molar-refractivity contribution in [3.8, 4) is 11.5 Å². The minimum absolute atomic E-state index is 0.139. The van der Waals surface area contributed by atoms with Crippen molar-refractivity contribution in [2.24, 2.45) is 0 Å². The highest BCUT2D eigenvalue weighted by molar-refractivity contribution is 5.48. The molecule has 0 atom stereocenters. The molecule has 1 aromatic rings. The van der Waals surface area contributed by atoms with Gasteiger partial charge in [-0.3, -0.25) is 0 Å². The normalized spacial score (nSPS) is 10.8. The van der Waals surface area contributed by atoms with Gasteiger partial charge in [-0.1, -0.05) is 19.4 Å². The molecule has 2 heteroatoms. The van der Waals surface area contributed by atoms with Gasteiger partial charge in [-0.15, -0.1) is 0 Å². The Bertz CT molecular complexity index is 343. The first-order valence-corrected chi connectivity index (χ1v) is 6.04. The number of aromatic hydroxyl groups is 1. The van der Waals surface area contributed by atoms with E-state index in [9.17, 15) is 5.11 Å². The van der Waals surface area contributed by atoms with Crippen LogP contribution in [0, 0.1) is 6.92 Å². The molecule has 0 aliphatic heterocycles. The lowest BCUT2D eigenvalue weighted by Crippen LogP contribution is -2.07. The third-order valence-electron chi connectivity index (χ3n) is 2.63. The molecule has 0 fully saturated rings. The Morgan fingerprint density at radius 2 is 2.00 bits per heavy atom. The maximum atomic E-state index is 10.0. The summed E-state index contributed by atoms with van der Waals surface area (Å²) in [6, 6.07) is 3.93. The molecule has 90 valence electrons. The summed E-state index contributed by atoms with van der Waals surface area (Å²) < 4.78 is 5.63. The smallest absolute Gasteiger partial charge is 0.126 e. The van der Waals surface area contributed by atoms with Crippen LogP contribution in [0.15, 0.2) is 12.1 Å². The summed E-state index contributed by atoms with van der Waals surface area (Å²) in [5, 5.41) is 10.0. The van der Waals surface area contributed by atoms with Crippen LogP contribution in [0.4, 0.5) is 0 Å². The van der Waals surface area contributed by atoms with E-state index in [0.29, 0.717) is 5.75 Å². The summed E-state index contributed by atoms with van der Waals surface area (Å²) in [6.45, 7) is 8.03.